The van der Waals surface area contributed by atoms with E-state index in [-0.39, 0.29) is 23.1 Å². The van der Waals surface area contributed by atoms with E-state index in [4.69, 9.17) is 23.2 Å². The molecule has 174 valence electrons. The summed E-state index contributed by atoms with van der Waals surface area (Å²) in [6.45, 7) is 10.2. The fourth-order valence-corrected chi connectivity index (χ4v) is 4.78. The highest BCUT2D eigenvalue weighted by molar-refractivity contribution is 7.99. The van der Waals surface area contributed by atoms with Gasteiger partial charge < -0.3 is 10.2 Å². The molecule has 0 saturated carbocycles. The number of nitrogens with one attached hydrogen (secondary N) is 1. The van der Waals surface area contributed by atoms with Crippen LogP contribution in [0.3, 0.4) is 0 Å². The maximum absolute atomic E-state index is 13.3. The summed E-state index contributed by atoms with van der Waals surface area (Å²) in [5, 5.41) is 4.20. The van der Waals surface area contributed by atoms with E-state index in [1.165, 1.54) is 11.8 Å². The van der Waals surface area contributed by atoms with Gasteiger partial charge in [0.25, 0.3) is 0 Å². The van der Waals surface area contributed by atoms with Crippen LogP contribution in [0.2, 0.25) is 10.0 Å². The van der Waals surface area contributed by atoms with Gasteiger partial charge in [-0.2, -0.15) is 0 Å². The third-order valence-electron chi connectivity index (χ3n) is 4.98. The minimum Gasteiger partial charge on any atom is -0.350 e. The van der Waals surface area contributed by atoms with E-state index in [0.29, 0.717) is 28.8 Å². The molecular formula is C25H32Cl2N2O2S. The average Bonchev–Trinajstić information content (AvgIpc) is 2.69. The zero-order chi connectivity index (χ0) is 23.9. The molecule has 1 N–H and O–H groups in total. The van der Waals surface area contributed by atoms with Crippen molar-refractivity contribution in [1.29, 1.82) is 0 Å². The molecule has 1 atom stereocenters. The second-order valence-electron chi connectivity index (χ2n) is 8.84. The fraction of sp³-hybridized carbons (Fsp3) is 0.440. The molecule has 2 amide bonds. The molecule has 0 radical (unpaired) electrons. The van der Waals surface area contributed by atoms with Crippen molar-refractivity contribution in [3.8, 4) is 0 Å². The fourth-order valence-electron chi connectivity index (χ4n) is 3.31. The topological polar surface area (TPSA) is 49.4 Å². The second-order valence-corrected chi connectivity index (χ2v) is 10.7. The van der Waals surface area contributed by atoms with Crippen LogP contribution < -0.4 is 5.32 Å². The highest BCUT2D eigenvalue weighted by Crippen LogP contribution is 2.25. The number of hydrogen-bond donors (Lipinski definition) is 1. The Morgan fingerprint density at radius 2 is 1.78 bits per heavy atom. The van der Waals surface area contributed by atoms with Crippen LogP contribution >= 0.6 is 35.0 Å². The van der Waals surface area contributed by atoms with Crippen LogP contribution in [0.1, 0.15) is 50.8 Å². The van der Waals surface area contributed by atoms with Crippen LogP contribution in [0.5, 0.6) is 0 Å². The predicted octanol–water partition coefficient (Wildman–Crippen LogP) is 6.26. The molecule has 0 spiro atoms. The lowest BCUT2D eigenvalue weighted by atomic mass is 10.0. The monoisotopic (exact) mass is 494 g/mol. The maximum Gasteiger partial charge on any atom is 0.243 e. The molecule has 0 heterocycles. The van der Waals surface area contributed by atoms with Gasteiger partial charge in [-0.05, 0) is 62.9 Å². The van der Waals surface area contributed by atoms with Crippen molar-refractivity contribution in [3.05, 3.63) is 69.2 Å². The minimum atomic E-state index is -0.541. The lowest BCUT2D eigenvalue weighted by Crippen LogP contribution is -2.53. The molecule has 0 aliphatic carbocycles. The van der Waals surface area contributed by atoms with Crippen LogP contribution in [0.4, 0.5) is 0 Å². The molecule has 1 unspecified atom stereocenters. The van der Waals surface area contributed by atoms with Crippen LogP contribution in [-0.4, -0.2) is 34.0 Å². The van der Waals surface area contributed by atoms with E-state index < -0.39 is 6.04 Å². The Hall–Kier alpha value is -1.69. The van der Waals surface area contributed by atoms with Gasteiger partial charge in [0, 0.05) is 27.9 Å². The standard InChI is InChI=1S/C25H32Cl2N2O2S/c1-6-22(24(31)28-25(3,4)5)29(14-18-10-8-7-9-17(18)2)23(30)16-32-15-19-11-12-20(26)13-21(19)27/h7-13,22H,6,14-16H2,1-5H3,(H,28,31). The SMILES string of the molecule is CCC(C(=O)NC(C)(C)C)N(Cc1ccccc1C)C(=O)CSCc1ccc(Cl)cc1Cl. The van der Waals surface area contributed by atoms with Crippen LogP contribution in [-0.2, 0) is 21.9 Å². The Balaban J connectivity index is 2.19. The Labute approximate surface area is 206 Å². The summed E-state index contributed by atoms with van der Waals surface area (Å²) < 4.78 is 0. The second kappa shape index (κ2) is 12.0. The van der Waals surface area contributed by atoms with E-state index in [0.717, 1.165) is 16.7 Å². The first-order valence-corrected chi connectivity index (χ1v) is 12.6. The molecule has 0 aromatic heterocycles. The summed E-state index contributed by atoms with van der Waals surface area (Å²) in [5.74, 6) is 0.640. The minimum absolute atomic E-state index is 0.0701. The van der Waals surface area contributed by atoms with Gasteiger partial charge in [-0.3, -0.25) is 9.59 Å². The zero-order valence-corrected chi connectivity index (χ0v) is 21.7. The quantitative estimate of drug-likeness (QED) is 0.447. The molecular weight excluding hydrogens is 463 g/mol. The highest BCUT2D eigenvalue weighted by atomic mass is 35.5. The van der Waals surface area contributed by atoms with Gasteiger partial charge in [-0.1, -0.05) is 60.5 Å². The summed E-state index contributed by atoms with van der Waals surface area (Å²) in [7, 11) is 0. The molecule has 0 aliphatic heterocycles. The number of thioether (sulfide) groups is 1. The van der Waals surface area contributed by atoms with Crippen LogP contribution in [0.25, 0.3) is 0 Å². The zero-order valence-electron chi connectivity index (χ0n) is 19.4. The van der Waals surface area contributed by atoms with Crippen molar-refractivity contribution >= 4 is 46.8 Å². The molecule has 0 fully saturated rings. The van der Waals surface area contributed by atoms with Crippen molar-refractivity contribution in [3.63, 3.8) is 0 Å². The molecule has 2 aromatic rings. The van der Waals surface area contributed by atoms with Crippen molar-refractivity contribution in [2.24, 2.45) is 0 Å². The van der Waals surface area contributed by atoms with Crippen LogP contribution in [0.15, 0.2) is 42.5 Å². The first-order valence-electron chi connectivity index (χ1n) is 10.7. The Morgan fingerprint density at radius 1 is 1.09 bits per heavy atom. The maximum atomic E-state index is 13.3. The average molecular weight is 496 g/mol. The first-order chi connectivity index (χ1) is 15.0. The van der Waals surface area contributed by atoms with E-state index >= 15 is 0 Å². The molecule has 0 aliphatic rings. The molecule has 0 saturated heterocycles. The molecule has 7 heteroatoms. The summed E-state index contributed by atoms with van der Waals surface area (Å²) in [4.78, 5) is 28.1. The van der Waals surface area contributed by atoms with Gasteiger partial charge >= 0.3 is 0 Å². The highest BCUT2D eigenvalue weighted by Gasteiger charge is 2.30. The summed E-state index contributed by atoms with van der Waals surface area (Å²) in [6, 6.07) is 12.8. The number of rotatable bonds is 9. The van der Waals surface area contributed by atoms with Crippen molar-refractivity contribution in [2.75, 3.05) is 5.75 Å². The van der Waals surface area contributed by atoms with E-state index in [1.807, 2.05) is 65.0 Å². The Bertz CT molecular complexity index is 944. The largest absolute Gasteiger partial charge is 0.350 e. The van der Waals surface area contributed by atoms with E-state index in [2.05, 4.69) is 5.32 Å². The number of amides is 2. The summed E-state index contributed by atoms with van der Waals surface area (Å²) >= 11 is 13.7. The van der Waals surface area contributed by atoms with Gasteiger partial charge in [-0.15, -0.1) is 11.8 Å². The lowest BCUT2D eigenvalue weighted by molar-refractivity contribution is -0.140. The number of carbonyl (C=O) groups excluding carboxylic acids is 2. The number of hydrogen-bond acceptors (Lipinski definition) is 3. The molecule has 2 aromatic carbocycles. The number of benzene rings is 2. The van der Waals surface area contributed by atoms with Gasteiger partial charge in [0.1, 0.15) is 6.04 Å². The third-order valence-corrected chi connectivity index (χ3v) is 6.54. The van der Waals surface area contributed by atoms with Crippen molar-refractivity contribution < 1.29 is 9.59 Å². The Kier molecular flexibility index (Phi) is 9.93. The smallest absolute Gasteiger partial charge is 0.243 e. The van der Waals surface area contributed by atoms with Gasteiger partial charge in [0.15, 0.2) is 0 Å². The Morgan fingerprint density at radius 3 is 2.38 bits per heavy atom. The normalized spacial score (nSPS) is 12.3. The number of nitrogens with zero attached hydrogens (tertiary/aromatic N) is 1. The molecule has 32 heavy (non-hydrogen) atoms. The number of carbonyl (C=O) groups is 2. The van der Waals surface area contributed by atoms with Gasteiger partial charge in [0.05, 0.1) is 5.75 Å². The molecule has 4 nitrogen and oxygen atoms in total. The molecule has 0 bridgehead atoms. The molecule has 2 rings (SSSR count). The summed E-state index contributed by atoms with van der Waals surface area (Å²) in [6.07, 6.45) is 0.535. The van der Waals surface area contributed by atoms with Gasteiger partial charge in [0.2, 0.25) is 11.8 Å². The number of aryl methyl sites for hydroxylation is 1. The lowest BCUT2D eigenvalue weighted by Gasteiger charge is -2.33. The van der Waals surface area contributed by atoms with E-state index in [9.17, 15) is 9.59 Å². The third kappa shape index (κ3) is 8.02. The predicted molar refractivity (Wildman–Crippen MR) is 136 cm³/mol. The van der Waals surface area contributed by atoms with Crippen LogP contribution in [0, 0.1) is 6.92 Å². The van der Waals surface area contributed by atoms with E-state index in [1.54, 1.807) is 17.0 Å². The summed E-state index contributed by atoms with van der Waals surface area (Å²) in [5.41, 5.74) is 2.68. The van der Waals surface area contributed by atoms with Gasteiger partial charge in [-0.25, -0.2) is 0 Å². The van der Waals surface area contributed by atoms with Crippen molar-refractivity contribution in [2.45, 2.75) is 64.9 Å². The van der Waals surface area contributed by atoms with Crippen molar-refractivity contribution in [1.82, 2.24) is 10.2 Å². The first kappa shape index (κ1) is 26.6. The number of halogens is 2.